The average molecular weight is 284 g/mol. The van der Waals surface area contributed by atoms with Crippen LogP contribution in [0.3, 0.4) is 0 Å². The van der Waals surface area contributed by atoms with E-state index in [1.807, 2.05) is 29.9 Å². The topological polar surface area (TPSA) is 79.9 Å². The number of hydrogen-bond donors (Lipinski definition) is 3. The van der Waals surface area contributed by atoms with Crippen LogP contribution in [0.1, 0.15) is 22.9 Å². The van der Waals surface area contributed by atoms with E-state index in [2.05, 4.69) is 28.3 Å². The zero-order valence-corrected chi connectivity index (χ0v) is 12.1. The van der Waals surface area contributed by atoms with Gasteiger partial charge in [0, 0.05) is 35.3 Å². The van der Waals surface area contributed by atoms with Gasteiger partial charge in [0.05, 0.1) is 18.8 Å². The van der Waals surface area contributed by atoms with Gasteiger partial charge in [-0.2, -0.15) is 5.10 Å². The number of nitrogens with one attached hydrogen (secondary N) is 1. The van der Waals surface area contributed by atoms with Crippen molar-refractivity contribution in [3.8, 4) is 0 Å². The van der Waals surface area contributed by atoms with Crippen molar-refractivity contribution in [2.45, 2.75) is 19.4 Å². The highest BCUT2D eigenvalue weighted by Gasteiger charge is 2.21. The van der Waals surface area contributed by atoms with Gasteiger partial charge in [0.2, 0.25) is 0 Å². The molecule has 110 valence electrons. The lowest BCUT2D eigenvalue weighted by Crippen LogP contribution is -2.19. The van der Waals surface area contributed by atoms with E-state index in [0.29, 0.717) is 13.1 Å². The molecule has 2 aromatic heterocycles. The number of nitrogens with two attached hydrogens (primary N) is 1. The molecule has 0 aliphatic rings. The number of aliphatic hydroxyl groups is 1. The third kappa shape index (κ3) is 2.46. The Morgan fingerprint density at radius 1 is 1.38 bits per heavy atom. The van der Waals surface area contributed by atoms with Crippen LogP contribution in [-0.4, -0.2) is 33.0 Å². The maximum absolute atomic E-state index is 9.21. The molecule has 0 spiro atoms. The molecule has 1 atom stereocenters. The van der Waals surface area contributed by atoms with E-state index in [1.165, 1.54) is 10.9 Å². The first-order valence-corrected chi connectivity index (χ1v) is 7.16. The Morgan fingerprint density at radius 3 is 2.95 bits per heavy atom. The van der Waals surface area contributed by atoms with Gasteiger partial charge < -0.3 is 15.8 Å². The van der Waals surface area contributed by atoms with Gasteiger partial charge in [0.15, 0.2) is 0 Å². The van der Waals surface area contributed by atoms with Crippen molar-refractivity contribution in [2.24, 2.45) is 5.73 Å². The molecule has 1 unspecified atom stereocenters. The van der Waals surface area contributed by atoms with Gasteiger partial charge in [0.25, 0.3) is 0 Å². The molecule has 4 N–H and O–H groups in total. The predicted octanol–water partition coefficient (Wildman–Crippen LogP) is 1.76. The number of para-hydroxylation sites is 1. The lowest BCUT2D eigenvalue weighted by molar-refractivity contribution is 0.266. The molecule has 1 aromatic carbocycles. The summed E-state index contributed by atoms with van der Waals surface area (Å²) in [4.78, 5) is 3.30. The Balaban J connectivity index is 2.10. The summed E-state index contributed by atoms with van der Waals surface area (Å²) in [5.41, 5.74) is 10.3. The second kappa shape index (κ2) is 5.71. The van der Waals surface area contributed by atoms with Gasteiger partial charge in [-0.05, 0) is 24.6 Å². The lowest BCUT2D eigenvalue weighted by atomic mass is 9.95. The van der Waals surface area contributed by atoms with E-state index < -0.39 is 0 Å². The second-order valence-electron chi connectivity index (χ2n) is 5.24. The molecular weight excluding hydrogens is 264 g/mol. The molecule has 0 radical (unpaired) electrons. The molecule has 0 saturated heterocycles. The molecule has 5 nitrogen and oxygen atoms in total. The first-order valence-electron chi connectivity index (χ1n) is 7.16. The first kappa shape index (κ1) is 13.9. The molecule has 5 heteroatoms. The molecule has 0 aliphatic heterocycles. The zero-order valence-electron chi connectivity index (χ0n) is 12.1. The van der Waals surface area contributed by atoms with Crippen LogP contribution in [0.4, 0.5) is 0 Å². The normalized spacial score (nSPS) is 12.9. The number of nitrogens with zero attached hydrogens (tertiary/aromatic N) is 2. The third-order valence-electron chi connectivity index (χ3n) is 3.83. The maximum atomic E-state index is 9.21. The molecule has 3 aromatic rings. The van der Waals surface area contributed by atoms with Crippen molar-refractivity contribution < 1.29 is 5.11 Å². The summed E-state index contributed by atoms with van der Waals surface area (Å²) in [6.07, 6.45) is 2.02. The van der Waals surface area contributed by atoms with Crippen LogP contribution >= 0.6 is 0 Å². The summed E-state index contributed by atoms with van der Waals surface area (Å²) in [6.45, 7) is 3.01. The van der Waals surface area contributed by atoms with Crippen LogP contribution < -0.4 is 5.73 Å². The maximum Gasteiger partial charge on any atom is 0.0644 e. The van der Waals surface area contributed by atoms with Gasteiger partial charge in [0.1, 0.15) is 0 Å². The van der Waals surface area contributed by atoms with Crippen LogP contribution in [-0.2, 0) is 6.54 Å². The average Bonchev–Trinajstić information content (AvgIpc) is 3.06. The van der Waals surface area contributed by atoms with Crippen molar-refractivity contribution in [2.75, 3.05) is 13.2 Å². The fraction of sp³-hybridized carbons (Fsp3) is 0.312. The minimum absolute atomic E-state index is 0.0638. The number of benzene rings is 1. The van der Waals surface area contributed by atoms with E-state index in [4.69, 9.17) is 5.73 Å². The number of hydrogen-bond acceptors (Lipinski definition) is 3. The SMILES string of the molecule is Cc1cc(C(CN)c2c[nH]c3ccccc23)n(CCO)n1. The summed E-state index contributed by atoms with van der Waals surface area (Å²) in [6, 6.07) is 10.3. The minimum atomic E-state index is 0.0638. The third-order valence-corrected chi connectivity index (χ3v) is 3.83. The summed E-state index contributed by atoms with van der Waals surface area (Å²) in [5, 5.41) is 14.8. The number of H-pyrrole nitrogens is 1. The van der Waals surface area contributed by atoms with Crippen LogP contribution in [0.25, 0.3) is 10.9 Å². The Kier molecular flexibility index (Phi) is 3.77. The van der Waals surface area contributed by atoms with Crippen LogP contribution in [0, 0.1) is 6.92 Å². The van der Waals surface area contributed by atoms with Crippen molar-refractivity contribution in [1.29, 1.82) is 0 Å². The lowest BCUT2D eigenvalue weighted by Gasteiger charge is -2.16. The standard InChI is InChI=1S/C16H20N4O/c1-11-8-16(20(19-11)6-7-21)13(9-17)14-10-18-15-5-3-2-4-12(14)15/h2-5,8,10,13,18,21H,6-7,9,17H2,1H3. The predicted molar refractivity (Wildman–Crippen MR) is 83.2 cm³/mol. The molecule has 0 fully saturated rings. The molecular formula is C16H20N4O. The summed E-state index contributed by atoms with van der Waals surface area (Å²) >= 11 is 0. The second-order valence-corrected chi connectivity index (χ2v) is 5.24. The van der Waals surface area contributed by atoms with Crippen molar-refractivity contribution in [1.82, 2.24) is 14.8 Å². The van der Waals surface area contributed by atoms with E-state index in [1.54, 1.807) is 0 Å². The van der Waals surface area contributed by atoms with Crippen molar-refractivity contribution >= 4 is 10.9 Å². The zero-order chi connectivity index (χ0) is 14.8. The highest BCUT2D eigenvalue weighted by molar-refractivity contribution is 5.84. The van der Waals surface area contributed by atoms with Crippen molar-refractivity contribution in [3.63, 3.8) is 0 Å². The molecule has 2 heterocycles. The Labute approximate surface area is 123 Å². The fourth-order valence-electron chi connectivity index (χ4n) is 2.91. The fourth-order valence-corrected chi connectivity index (χ4v) is 2.91. The van der Waals surface area contributed by atoms with Crippen LogP contribution in [0.15, 0.2) is 36.5 Å². The number of aliphatic hydroxyl groups excluding tert-OH is 1. The molecule has 0 aliphatic carbocycles. The number of fused-ring (bicyclic) bond motifs is 1. The largest absolute Gasteiger partial charge is 0.394 e. The van der Waals surface area contributed by atoms with Gasteiger partial charge in [-0.3, -0.25) is 4.68 Å². The molecule has 0 saturated carbocycles. The van der Waals surface area contributed by atoms with E-state index >= 15 is 0 Å². The van der Waals surface area contributed by atoms with E-state index in [-0.39, 0.29) is 12.5 Å². The molecule has 0 bridgehead atoms. The minimum Gasteiger partial charge on any atom is -0.394 e. The number of rotatable bonds is 5. The number of aromatic amines is 1. The Hall–Kier alpha value is -2.11. The van der Waals surface area contributed by atoms with E-state index in [0.717, 1.165) is 16.9 Å². The summed E-state index contributed by atoms with van der Waals surface area (Å²) in [5.74, 6) is 0.0638. The molecule has 0 amide bonds. The molecule has 21 heavy (non-hydrogen) atoms. The van der Waals surface area contributed by atoms with Gasteiger partial charge >= 0.3 is 0 Å². The van der Waals surface area contributed by atoms with Gasteiger partial charge in [-0.15, -0.1) is 0 Å². The van der Waals surface area contributed by atoms with Crippen molar-refractivity contribution in [3.05, 3.63) is 53.5 Å². The Morgan fingerprint density at radius 2 is 2.19 bits per heavy atom. The monoisotopic (exact) mass is 284 g/mol. The van der Waals surface area contributed by atoms with E-state index in [9.17, 15) is 5.11 Å². The number of aryl methyl sites for hydroxylation is 1. The van der Waals surface area contributed by atoms with Gasteiger partial charge in [-0.1, -0.05) is 18.2 Å². The summed E-state index contributed by atoms with van der Waals surface area (Å²) < 4.78 is 1.86. The van der Waals surface area contributed by atoms with Crippen LogP contribution in [0.2, 0.25) is 0 Å². The highest BCUT2D eigenvalue weighted by Crippen LogP contribution is 2.30. The van der Waals surface area contributed by atoms with Gasteiger partial charge in [-0.25, -0.2) is 0 Å². The quantitative estimate of drug-likeness (QED) is 0.668. The molecule has 3 rings (SSSR count). The smallest absolute Gasteiger partial charge is 0.0644 e. The first-order chi connectivity index (χ1) is 10.2. The summed E-state index contributed by atoms with van der Waals surface area (Å²) in [7, 11) is 0. The number of aromatic nitrogens is 3. The Bertz CT molecular complexity index is 744. The van der Waals surface area contributed by atoms with Crippen LogP contribution in [0.5, 0.6) is 0 Å². The highest BCUT2D eigenvalue weighted by atomic mass is 16.3.